The van der Waals surface area contributed by atoms with Crippen LogP contribution >= 0.6 is 11.8 Å². The van der Waals surface area contributed by atoms with Gasteiger partial charge in [0.05, 0.1) is 0 Å². The molecule has 7 heteroatoms. The molecule has 0 N–H and O–H groups in total. The maximum atomic E-state index is 12.4. The summed E-state index contributed by atoms with van der Waals surface area (Å²) in [5.41, 5.74) is -0.579. The van der Waals surface area contributed by atoms with Crippen LogP contribution in [-0.2, 0) is 0 Å². The number of hydrogen-bond donors (Lipinski definition) is 0. The monoisotopic (exact) mass is 291 g/mol. The predicted octanol–water partition coefficient (Wildman–Crippen LogP) is 0.151. The van der Waals surface area contributed by atoms with Crippen molar-refractivity contribution in [3.63, 3.8) is 0 Å². The molecule has 0 bridgehead atoms. The summed E-state index contributed by atoms with van der Waals surface area (Å²) >= 11 is 1.83. The van der Waals surface area contributed by atoms with Gasteiger partial charge in [0.2, 0.25) is 0 Å². The Kier molecular flexibility index (Phi) is 8.02. The molecule has 0 aliphatic carbocycles. The van der Waals surface area contributed by atoms with Gasteiger partial charge in [0.1, 0.15) is 0 Å². The van der Waals surface area contributed by atoms with E-state index in [1.807, 2.05) is 16.7 Å². The maximum absolute atomic E-state index is 12.4. The fourth-order valence-corrected chi connectivity index (χ4v) is 2.75. The minimum absolute atomic E-state index is 0. The third-order valence-electron chi connectivity index (χ3n) is 2.82. The van der Waals surface area contributed by atoms with E-state index in [1.165, 1.54) is 0 Å². The van der Waals surface area contributed by atoms with Crippen LogP contribution in [0.4, 0.5) is 12.9 Å². The van der Waals surface area contributed by atoms with Crippen LogP contribution in [0.15, 0.2) is 12.1 Å². The normalized spacial score (nSPS) is 21.5. The van der Waals surface area contributed by atoms with Crippen LogP contribution in [0.1, 0.15) is 20.3 Å². The van der Waals surface area contributed by atoms with Crippen molar-refractivity contribution < 1.29 is 64.3 Å². The third kappa shape index (κ3) is 7.03. The quantitative estimate of drug-likeness (QED) is 0.681. The van der Waals surface area contributed by atoms with E-state index < -0.39 is 12.4 Å². The Morgan fingerprint density at radius 3 is 2.47 bits per heavy atom. The molecule has 94 valence electrons. The van der Waals surface area contributed by atoms with E-state index in [0.29, 0.717) is 0 Å². The first-order valence-corrected chi connectivity index (χ1v) is 6.43. The largest absolute Gasteiger partial charge is 1.00 e. The topological polar surface area (TPSA) is 3.24 Å². The molecule has 0 aromatic rings. The molecular formula is C10H18BF3KNS. The van der Waals surface area contributed by atoms with Gasteiger partial charge in [0, 0.05) is 17.0 Å². The average Bonchev–Trinajstić information content (AvgIpc) is 2.26. The van der Waals surface area contributed by atoms with Gasteiger partial charge in [-0.3, -0.25) is 0 Å². The zero-order chi connectivity index (χ0) is 12.4. The van der Waals surface area contributed by atoms with Crippen LogP contribution < -0.4 is 51.4 Å². The van der Waals surface area contributed by atoms with Crippen LogP contribution in [0, 0.1) is 0 Å². The van der Waals surface area contributed by atoms with E-state index in [4.69, 9.17) is 0 Å². The first-order chi connectivity index (χ1) is 7.21. The van der Waals surface area contributed by atoms with E-state index in [1.54, 1.807) is 0 Å². The van der Waals surface area contributed by atoms with Gasteiger partial charge >= 0.3 is 58.4 Å². The molecule has 0 spiro atoms. The molecule has 0 aromatic heterocycles. The maximum Gasteiger partial charge on any atom is 1.00 e. The summed E-state index contributed by atoms with van der Waals surface area (Å²) in [6, 6.07) is 0. The van der Waals surface area contributed by atoms with E-state index in [2.05, 4.69) is 20.4 Å². The SMILES string of the molecule is C=C(CN1CCSC(C)(C)CC1)[B-](F)(F)F.[K+]. The fourth-order valence-electron chi connectivity index (χ4n) is 1.61. The molecule has 1 rings (SSSR count). The summed E-state index contributed by atoms with van der Waals surface area (Å²) in [6.45, 7) is 3.97. The first kappa shape index (κ1) is 18.5. The summed E-state index contributed by atoms with van der Waals surface area (Å²) in [5, 5.41) is 0. The Hall–Kier alpha value is 1.54. The Morgan fingerprint density at radius 2 is 1.94 bits per heavy atom. The summed E-state index contributed by atoms with van der Waals surface area (Å²) in [7, 11) is 0. The van der Waals surface area contributed by atoms with Gasteiger partial charge in [-0.05, 0) is 19.5 Å². The summed E-state index contributed by atoms with van der Waals surface area (Å²) in [6.07, 6.45) is 0.926. The number of halogens is 3. The van der Waals surface area contributed by atoms with E-state index in [-0.39, 0.29) is 62.7 Å². The van der Waals surface area contributed by atoms with Gasteiger partial charge in [-0.15, -0.1) is 12.1 Å². The summed E-state index contributed by atoms with van der Waals surface area (Å²) < 4.78 is 37.3. The molecule has 0 amide bonds. The van der Waals surface area contributed by atoms with E-state index in [9.17, 15) is 12.9 Å². The van der Waals surface area contributed by atoms with Gasteiger partial charge in [0.15, 0.2) is 0 Å². The van der Waals surface area contributed by atoms with Crippen molar-refractivity contribution in [2.45, 2.75) is 25.0 Å². The fraction of sp³-hybridized carbons (Fsp3) is 0.800. The predicted molar refractivity (Wildman–Crippen MR) is 65.8 cm³/mol. The molecule has 1 heterocycles. The van der Waals surface area contributed by atoms with Gasteiger partial charge in [-0.25, -0.2) is 0 Å². The minimum atomic E-state index is -4.88. The van der Waals surface area contributed by atoms with Gasteiger partial charge in [-0.1, -0.05) is 13.8 Å². The summed E-state index contributed by atoms with van der Waals surface area (Å²) in [5.74, 6) is 0.894. The Balaban J connectivity index is 0.00000256. The van der Waals surface area contributed by atoms with Crippen molar-refractivity contribution in [3.05, 3.63) is 12.1 Å². The average molecular weight is 291 g/mol. The van der Waals surface area contributed by atoms with Crippen molar-refractivity contribution in [3.8, 4) is 0 Å². The van der Waals surface area contributed by atoms with Crippen LogP contribution in [-0.4, -0.2) is 42.0 Å². The number of nitrogens with zero attached hydrogens (tertiary/aromatic N) is 1. The van der Waals surface area contributed by atoms with E-state index in [0.717, 1.165) is 25.3 Å². The smallest absolute Gasteiger partial charge is 0.445 e. The molecule has 17 heavy (non-hydrogen) atoms. The molecular weight excluding hydrogens is 273 g/mol. The second-order valence-electron chi connectivity index (χ2n) is 4.87. The Labute approximate surface area is 148 Å². The number of rotatable bonds is 3. The van der Waals surface area contributed by atoms with Gasteiger partial charge in [0.25, 0.3) is 0 Å². The van der Waals surface area contributed by atoms with Crippen molar-refractivity contribution in [2.24, 2.45) is 0 Å². The standard InChI is InChI=1S/C10H18BF3NS.K/c1-9(11(12,13)14)8-15-5-4-10(2,3)16-7-6-15;/h1,4-8H2,2-3H3;/q-1;+1. The van der Waals surface area contributed by atoms with Crippen molar-refractivity contribution in [2.75, 3.05) is 25.4 Å². The molecule has 1 fully saturated rings. The number of hydrogen-bond acceptors (Lipinski definition) is 2. The molecule has 0 radical (unpaired) electrons. The molecule has 0 atom stereocenters. The van der Waals surface area contributed by atoms with Crippen molar-refractivity contribution in [1.82, 2.24) is 4.90 Å². The Bertz CT molecular complexity index is 271. The zero-order valence-electron chi connectivity index (χ0n) is 10.8. The van der Waals surface area contributed by atoms with Crippen molar-refractivity contribution >= 4 is 18.7 Å². The summed E-state index contributed by atoms with van der Waals surface area (Å²) in [4.78, 5) is 1.86. The van der Waals surface area contributed by atoms with Crippen molar-refractivity contribution in [1.29, 1.82) is 0 Å². The molecule has 0 unspecified atom stereocenters. The van der Waals surface area contributed by atoms with Gasteiger partial charge < -0.3 is 17.8 Å². The third-order valence-corrected chi connectivity index (χ3v) is 4.19. The zero-order valence-corrected chi connectivity index (χ0v) is 14.7. The second kappa shape index (κ2) is 7.36. The van der Waals surface area contributed by atoms with Crippen LogP contribution in [0.3, 0.4) is 0 Å². The van der Waals surface area contributed by atoms with Crippen LogP contribution in [0.5, 0.6) is 0 Å². The molecule has 1 saturated heterocycles. The molecule has 0 aromatic carbocycles. The van der Waals surface area contributed by atoms with Crippen LogP contribution in [0.25, 0.3) is 0 Å². The molecule has 1 aliphatic rings. The molecule has 1 nitrogen and oxygen atoms in total. The van der Waals surface area contributed by atoms with Gasteiger partial charge in [-0.2, -0.15) is 11.8 Å². The number of thioether (sulfide) groups is 1. The van der Waals surface area contributed by atoms with Crippen LogP contribution in [0.2, 0.25) is 0 Å². The second-order valence-corrected chi connectivity index (χ2v) is 6.67. The Morgan fingerprint density at radius 1 is 1.35 bits per heavy atom. The molecule has 1 aliphatic heterocycles. The molecule has 0 saturated carbocycles. The minimum Gasteiger partial charge on any atom is -0.445 e. The first-order valence-electron chi connectivity index (χ1n) is 5.45. The van der Waals surface area contributed by atoms with E-state index >= 15 is 0 Å².